The molecular weight excluding hydrogens is 642 g/mol. The van der Waals surface area contributed by atoms with Crippen molar-refractivity contribution in [2.45, 2.75) is 59.9 Å². The third-order valence-corrected chi connectivity index (χ3v) is 7.08. The van der Waals surface area contributed by atoms with Gasteiger partial charge in [0.15, 0.2) is 5.78 Å². The van der Waals surface area contributed by atoms with E-state index >= 15 is 0 Å². The molecule has 3 atom stereocenters. The largest absolute Gasteiger partial charge is 0.481 e. The van der Waals surface area contributed by atoms with Crippen LogP contribution in [0, 0.1) is 29.4 Å². The number of rotatable bonds is 11. The highest BCUT2D eigenvalue weighted by molar-refractivity contribution is 9.10. The third-order valence-electron chi connectivity index (χ3n) is 6.09. The molecule has 0 saturated heterocycles. The van der Waals surface area contributed by atoms with Crippen LogP contribution in [0.5, 0.6) is 0 Å². The summed E-state index contributed by atoms with van der Waals surface area (Å²) >= 11 is 6.28. The van der Waals surface area contributed by atoms with Crippen molar-refractivity contribution >= 4 is 61.1 Å². The van der Waals surface area contributed by atoms with Crippen LogP contribution in [0.2, 0.25) is 0 Å². The Kier molecular flexibility index (Phi) is 14.5. The van der Waals surface area contributed by atoms with E-state index in [9.17, 15) is 28.0 Å². The molecule has 0 fully saturated rings. The number of carboxylic acid groups (broad SMARTS) is 1. The maximum absolute atomic E-state index is 13.6. The summed E-state index contributed by atoms with van der Waals surface area (Å²) in [5.74, 6) is -3.19. The number of Topliss-reactive ketones (excluding diaryl/α,β-unsaturated/α-hetero) is 2. The SMILES string of the molecule is CC(C)[C@H](CC(=O)Cc1ccc(Br)cc1F)C(=O)O.CC[C@H](C)[C@H](NC(=O)Nc1ccc(Br)cc1F)C(C)=O. The van der Waals surface area contributed by atoms with E-state index in [2.05, 4.69) is 42.5 Å². The first-order chi connectivity index (χ1) is 18.2. The molecule has 0 aromatic heterocycles. The number of aliphatic carboxylic acids is 1. The second-order valence-corrected chi connectivity index (χ2v) is 11.4. The fourth-order valence-corrected chi connectivity index (χ4v) is 4.24. The molecular formula is C28H34Br2F2N2O5. The van der Waals surface area contributed by atoms with Gasteiger partial charge < -0.3 is 15.7 Å². The van der Waals surface area contributed by atoms with Gasteiger partial charge >= 0.3 is 12.0 Å². The molecule has 11 heteroatoms. The molecule has 0 bridgehead atoms. The zero-order valence-corrected chi connectivity index (χ0v) is 25.7. The molecule has 0 unspecified atom stereocenters. The summed E-state index contributed by atoms with van der Waals surface area (Å²) < 4.78 is 28.3. The van der Waals surface area contributed by atoms with Crippen molar-refractivity contribution in [3.8, 4) is 0 Å². The monoisotopic (exact) mass is 674 g/mol. The quantitative estimate of drug-likeness (QED) is 0.234. The fourth-order valence-electron chi connectivity index (χ4n) is 3.57. The molecule has 0 spiro atoms. The fraction of sp³-hybridized carbons (Fsp3) is 0.429. The van der Waals surface area contributed by atoms with Crippen molar-refractivity contribution in [1.29, 1.82) is 0 Å². The first kappa shape index (κ1) is 34.4. The normalized spacial score (nSPS) is 13.0. The zero-order chi connectivity index (χ0) is 29.9. The molecule has 0 aliphatic heterocycles. The van der Waals surface area contributed by atoms with Crippen molar-refractivity contribution in [2.24, 2.45) is 17.8 Å². The number of hydrogen-bond donors (Lipinski definition) is 3. The minimum absolute atomic E-state index is 0.0213. The van der Waals surface area contributed by atoms with Gasteiger partial charge in [0.1, 0.15) is 17.4 Å². The van der Waals surface area contributed by atoms with E-state index in [0.29, 0.717) is 14.5 Å². The topological polar surface area (TPSA) is 113 Å². The Balaban J connectivity index is 0.000000391. The number of hydrogen-bond acceptors (Lipinski definition) is 4. The Bertz CT molecular complexity index is 1180. The number of urea groups is 1. The van der Waals surface area contributed by atoms with E-state index in [0.717, 1.165) is 6.42 Å². The number of halogens is 4. The highest BCUT2D eigenvalue weighted by atomic mass is 79.9. The van der Waals surface area contributed by atoms with Gasteiger partial charge in [0.05, 0.1) is 17.6 Å². The molecule has 2 amide bonds. The van der Waals surface area contributed by atoms with Gasteiger partial charge in [-0.2, -0.15) is 0 Å². The number of anilines is 1. The number of nitrogens with one attached hydrogen (secondary N) is 2. The lowest BCUT2D eigenvalue weighted by molar-refractivity contribution is -0.145. The van der Waals surface area contributed by atoms with Gasteiger partial charge in [-0.05, 0) is 54.7 Å². The van der Waals surface area contributed by atoms with E-state index < -0.39 is 35.6 Å². The van der Waals surface area contributed by atoms with Crippen LogP contribution in [0.3, 0.4) is 0 Å². The number of carbonyl (C=O) groups is 4. The Morgan fingerprint density at radius 1 is 0.949 bits per heavy atom. The van der Waals surface area contributed by atoms with Gasteiger partial charge in [-0.3, -0.25) is 14.4 Å². The van der Waals surface area contributed by atoms with Gasteiger partial charge in [0.25, 0.3) is 0 Å². The zero-order valence-electron chi connectivity index (χ0n) is 22.5. The van der Waals surface area contributed by atoms with E-state index in [4.69, 9.17) is 5.11 Å². The lowest BCUT2D eigenvalue weighted by atomic mass is 9.89. The standard InChI is InChI=1S/C14H18BrFN2O2.C14H16BrFO3/c1-4-8(2)13(9(3)19)18-14(20)17-12-6-5-10(15)7-11(12)16;1-8(2)12(14(18)19)7-11(17)5-9-3-4-10(15)6-13(9)16/h5-8,13H,4H2,1-3H3,(H2,17,18,20);3-4,6,8,12H,5,7H2,1-2H3,(H,18,19)/t8-,13-;12-/m00/s1. The first-order valence-electron chi connectivity index (χ1n) is 12.4. The van der Waals surface area contributed by atoms with Crippen molar-refractivity contribution in [1.82, 2.24) is 5.32 Å². The molecule has 3 N–H and O–H groups in total. The Hall–Kier alpha value is -2.66. The predicted molar refractivity (Wildman–Crippen MR) is 154 cm³/mol. The Morgan fingerprint density at radius 3 is 1.97 bits per heavy atom. The number of amides is 2. The summed E-state index contributed by atoms with van der Waals surface area (Å²) in [7, 11) is 0. The van der Waals surface area contributed by atoms with E-state index in [1.165, 1.54) is 31.2 Å². The molecule has 0 aliphatic rings. The summed E-state index contributed by atoms with van der Waals surface area (Å²) in [5, 5.41) is 14.0. The highest BCUT2D eigenvalue weighted by Crippen LogP contribution is 2.21. The van der Waals surface area contributed by atoms with Crippen LogP contribution in [-0.4, -0.2) is 34.7 Å². The van der Waals surface area contributed by atoms with E-state index in [1.54, 1.807) is 26.0 Å². The average Bonchev–Trinajstić information content (AvgIpc) is 2.84. The summed E-state index contributed by atoms with van der Waals surface area (Å²) in [4.78, 5) is 46.2. The second-order valence-electron chi connectivity index (χ2n) is 9.54. The molecule has 2 aromatic rings. The Labute approximate surface area is 244 Å². The molecule has 214 valence electrons. The van der Waals surface area contributed by atoms with Crippen molar-refractivity contribution in [3.05, 3.63) is 62.5 Å². The van der Waals surface area contributed by atoms with Crippen LogP contribution in [0.4, 0.5) is 19.3 Å². The summed E-state index contributed by atoms with van der Waals surface area (Å²) in [6.07, 6.45) is 0.620. The molecule has 2 aromatic carbocycles. The molecule has 0 aliphatic carbocycles. The molecule has 0 radical (unpaired) electrons. The molecule has 39 heavy (non-hydrogen) atoms. The van der Waals surface area contributed by atoms with Crippen molar-refractivity contribution in [3.63, 3.8) is 0 Å². The van der Waals surface area contributed by atoms with Crippen LogP contribution in [0.25, 0.3) is 0 Å². The number of benzene rings is 2. The minimum Gasteiger partial charge on any atom is -0.481 e. The van der Waals surface area contributed by atoms with E-state index in [-0.39, 0.29) is 41.9 Å². The lowest BCUT2D eigenvalue weighted by Crippen LogP contribution is -2.46. The van der Waals surface area contributed by atoms with E-state index in [1.807, 2.05) is 13.8 Å². The molecule has 2 rings (SSSR count). The van der Waals surface area contributed by atoms with Crippen LogP contribution in [-0.2, 0) is 20.8 Å². The van der Waals surface area contributed by atoms with Gasteiger partial charge in [0, 0.05) is 21.8 Å². The number of carbonyl (C=O) groups excluding carboxylic acids is 3. The third kappa shape index (κ3) is 11.9. The average molecular weight is 676 g/mol. The molecule has 7 nitrogen and oxygen atoms in total. The van der Waals surface area contributed by atoms with Gasteiger partial charge in [-0.25, -0.2) is 13.6 Å². The van der Waals surface area contributed by atoms with Gasteiger partial charge in [-0.1, -0.05) is 72.0 Å². The first-order valence-corrected chi connectivity index (χ1v) is 14.0. The molecule has 0 heterocycles. The van der Waals surface area contributed by atoms with Crippen molar-refractivity contribution in [2.75, 3.05) is 5.32 Å². The molecule has 0 saturated carbocycles. The van der Waals surface area contributed by atoms with Crippen LogP contribution < -0.4 is 10.6 Å². The summed E-state index contributed by atoms with van der Waals surface area (Å²) in [6, 6.07) is 7.64. The van der Waals surface area contributed by atoms with Crippen LogP contribution >= 0.6 is 31.9 Å². The summed E-state index contributed by atoms with van der Waals surface area (Å²) in [6.45, 7) is 8.76. The predicted octanol–water partition coefficient (Wildman–Crippen LogP) is 7.16. The van der Waals surface area contributed by atoms with Crippen molar-refractivity contribution < 1.29 is 33.1 Å². The van der Waals surface area contributed by atoms with Crippen LogP contribution in [0.1, 0.15) is 53.0 Å². The highest BCUT2D eigenvalue weighted by Gasteiger charge is 2.25. The summed E-state index contributed by atoms with van der Waals surface area (Å²) in [5.41, 5.74) is 0.359. The minimum atomic E-state index is -0.986. The second kappa shape index (κ2) is 16.4. The number of carboxylic acids is 1. The smallest absolute Gasteiger partial charge is 0.319 e. The van der Waals surface area contributed by atoms with Gasteiger partial charge in [0.2, 0.25) is 0 Å². The van der Waals surface area contributed by atoms with Gasteiger partial charge in [-0.15, -0.1) is 0 Å². The maximum Gasteiger partial charge on any atom is 0.319 e. The maximum atomic E-state index is 13.6. The lowest BCUT2D eigenvalue weighted by Gasteiger charge is -2.21. The Morgan fingerprint density at radius 2 is 1.51 bits per heavy atom. The number of ketones is 2. The van der Waals surface area contributed by atoms with Crippen LogP contribution in [0.15, 0.2) is 45.3 Å².